The molecule has 2 aromatic rings. The van der Waals surface area contributed by atoms with Crippen molar-refractivity contribution in [3.8, 4) is 0 Å². The number of nitrogens with one attached hydrogen (secondary N) is 1. The lowest BCUT2D eigenvalue weighted by Gasteiger charge is -2.07. The van der Waals surface area contributed by atoms with E-state index in [2.05, 4.69) is 5.32 Å². The maximum atomic E-state index is 11.0. The van der Waals surface area contributed by atoms with Gasteiger partial charge in [-0.2, -0.15) is 0 Å². The highest BCUT2D eigenvalue weighted by atomic mass is 35.5. The molecule has 1 N–H and O–H groups in total. The Bertz CT molecular complexity index is 629. The van der Waals surface area contributed by atoms with Crippen LogP contribution in [0, 0.1) is 10.1 Å². The van der Waals surface area contributed by atoms with Crippen LogP contribution in [0.2, 0.25) is 5.02 Å². The molecule has 0 aliphatic carbocycles. The van der Waals surface area contributed by atoms with Gasteiger partial charge in [-0.15, -0.1) is 0 Å². The van der Waals surface area contributed by atoms with E-state index in [4.69, 9.17) is 16.3 Å². The van der Waals surface area contributed by atoms with Gasteiger partial charge in [0.1, 0.15) is 5.69 Å². The molecule has 0 saturated heterocycles. The lowest BCUT2D eigenvalue weighted by Crippen LogP contribution is -1.99. The Morgan fingerprint density at radius 3 is 2.38 bits per heavy atom. The Labute approximate surface area is 127 Å². The van der Waals surface area contributed by atoms with E-state index in [0.29, 0.717) is 23.9 Å². The Balaban J connectivity index is 1.98. The molecule has 110 valence electrons. The Hall–Kier alpha value is -2.11. The first-order valence-corrected chi connectivity index (χ1v) is 6.75. The molecule has 0 aliphatic rings. The zero-order chi connectivity index (χ0) is 15.2. The first-order valence-electron chi connectivity index (χ1n) is 6.37. The van der Waals surface area contributed by atoms with Crippen LogP contribution >= 0.6 is 11.6 Å². The summed E-state index contributed by atoms with van der Waals surface area (Å²) in [6.45, 7) is 0.742. The van der Waals surface area contributed by atoms with Crippen LogP contribution in [-0.2, 0) is 18.0 Å². The zero-order valence-electron chi connectivity index (χ0n) is 11.5. The number of halogens is 1. The van der Waals surface area contributed by atoms with Crippen molar-refractivity contribution in [1.82, 2.24) is 0 Å². The fraction of sp³-hybridized carbons (Fsp3) is 0.200. The molecule has 2 aromatic carbocycles. The number of ether oxygens (including phenoxy) is 1. The van der Waals surface area contributed by atoms with Crippen LogP contribution in [0.4, 0.5) is 11.4 Å². The molecule has 0 spiro atoms. The largest absolute Gasteiger partial charge is 0.383 e. The third-order valence-electron chi connectivity index (χ3n) is 2.98. The molecular weight excluding hydrogens is 292 g/mol. The van der Waals surface area contributed by atoms with Crippen molar-refractivity contribution in [2.24, 2.45) is 0 Å². The molecule has 21 heavy (non-hydrogen) atoms. The minimum Gasteiger partial charge on any atom is -0.383 e. The smallest absolute Gasteiger partial charge is 0.292 e. The van der Waals surface area contributed by atoms with Crippen LogP contribution in [0.15, 0.2) is 42.5 Å². The van der Waals surface area contributed by atoms with Gasteiger partial charge in [0.2, 0.25) is 0 Å². The van der Waals surface area contributed by atoms with Gasteiger partial charge in [0, 0.05) is 18.1 Å². The van der Waals surface area contributed by atoms with Crippen molar-refractivity contribution in [2.75, 3.05) is 12.4 Å². The maximum absolute atomic E-state index is 11.0. The van der Waals surface area contributed by atoms with Gasteiger partial charge in [-0.05, 0) is 29.3 Å². The van der Waals surface area contributed by atoms with E-state index in [9.17, 15) is 10.1 Å². The van der Waals surface area contributed by atoms with Gasteiger partial charge in [-0.1, -0.05) is 29.8 Å². The lowest BCUT2D eigenvalue weighted by atomic mass is 10.2. The van der Waals surface area contributed by atoms with Gasteiger partial charge in [0.25, 0.3) is 5.69 Å². The third kappa shape index (κ3) is 4.18. The number of nitrogens with zero attached hydrogens (tertiary/aromatic N) is 1. The van der Waals surface area contributed by atoms with Gasteiger partial charge in [-0.3, -0.25) is 10.1 Å². The molecule has 2 rings (SSSR count). The van der Waals surface area contributed by atoms with Gasteiger partial charge >= 0.3 is 0 Å². The zero-order valence-corrected chi connectivity index (χ0v) is 12.3. The van der Waals surface area contributed by atoms with Crippen LogP contribution in [0.3, 0.4) is 0 Å². The normalized spacial score (nSPS) is 10.4. The van der Waals surface area contributed by atoms with E-state index in [1.54, 1.807) is 31.3 Å². The quantitative estimate of drug-likeness (QED) is 0.647. The average Bonchev–Trinajstić information content (AvgIpc) is 2.49. The second-order valence-corrected chi connectivity index (χ2v) is 4.91. The van der Waals surface area contributed by atoms with E-state index < -0.39 is 4.92 Å². The predicted octanol–water partition coefficient (Wildman–Crippen LogP) is 4.01. The summed E-state index contributed by atoms with van der Waals surface area (Å²) in [5.74, 6) is 0. The Morgan fingerprint density at radius 2 is 1.76 bits per heavy atom. The first kappa shape index (κ1) is 15.3. The van der Waals surface area contributed by atoms with Crippen molar-refractivity contribution >= 4 is 23.0 Å². The molecule has 5 nitrogen and oxygen atoms in total. The topological polar surface area (TPSA) is 64.4 Å². The van der Waals surface area contributed by atoms with Crippen molar-refractivity contribution in [1.29, 1.82) is 0 Å². The average molecular weight is 307 g/mol. The molecule has 0 aromatic heterocycles. The minimum atomic E-state index is -0.408. The van der Waals surface area contributed by atoms with E-state index in [1.807, 2.05) is 12.1 Å². The molecule has 0 atom stereocenters. The van der Waals surface area contributed by atoms with Gasteiger partial charge in [0.15, 0.2) is 0 Å². The van der Waals surface area contributed by atoms with E-state index in [-0.39, 0.29) is 5.69 Å². The molecule has 0 amide bonds. The highest BCUT2D eigenvalue weighted by molar-refractivity contribution is 6.30. The highest BCUT2D eigenvalue weighted by Gasteiger charge is 2.13. The van der Waals surface area contributed by atoms with Gasteiger partial charge < -0.3 is 10.1 Å². The number of rotatable bonds is 6. The van der Waals surface area contributed by atoms with Gasteiger partial charge in [-0.25, -0.2) is 0 Å². The molecule has 0 fully saturated rings. The van der Waals surface area contributed by atoms with E-state index in [1.165, 1.54) is 6.07 Å². The predicted molar refractivity (Wildman–Crippen MR) is 82.6 cm³/mol. The summed E-state index contributed by atoms with van der Waals surface area (Å²) >= 11 is 5.81. The van der Waals surface area contributed by atoms with Gasteiger partial charge in [0.05, 0.1) is 18.1 Å². The summed E-state index contributed by atoms with van der Waals surface area (Å²) in [6.07, 6.45) is 0. The van der Waals surface area contributed by atoms with Crippen molar-refractivity contribution in [3.63, 3.8) is 0 Å². The SMILES string of the molecule is CNc1ccc(COCc2ccc(Cl)cc2)cc1[N+](=O)[O-]. The second-order valence-electron chi connectivity index (χ2n) is 4.48. The van der Waals surface area contributed by atoms with Crippen LogP contribution < -0.4 is 5.32 Å². The molecular formula is C15H15ClN2O3. The number of anilines is 1. The van der Waals surface area contributed by atoms with Crippen LogP contribution in [0.1, 0.15) is 11.1 Å². The fourth-order valence-corrected chi connectivity index (χ4v) is 2.02. The summed E-state index contributed by atoms with van der Waals surface area (Å²) < 4.78 is 5.57. The van der Waals surface area contributed by atoms with Crippen molar-refractivity contribution in [2.45, 2.75) is 13.2 Å². The lowest BCUT2D eigenvalue weighted by molar-refractivity contribution is -0.384. The monoisotopic (exact) mass is 306 g/mol. The Morgan fingerprint density at radius 1 is 1.14 bits per heavy atom. The summed E-state index contributed by atoms with van der Waals surface area (Å²) in [5, 5.41) is 14.4. The van der Waals surface area contributed by atoms with Crippen LogP contribution in [-0.4, -0.2) is 12.0 Å². The summed E-state index contributed by atoms with van der Waals surface area (Å²) in [7, 11) is 1.65. The molecule has 0 heterocycles. The number of nitro benzene ring substituents is 1. The Kier molecular flexibility index (Phi) is 5.14. The first-order chi connectivity index (χ1) is 10.1. The molecule has 0 saturated carbocycles. The molecule has 6 heteroatoms. The summed E-state index contributed by atoms with van der Waals surface area (Å²) in [4.78, 5) is 10.6. The number of hydrogen-bond acceptors (Lipinski definition) is 4. The van der Waals surface area contributed by atoms with Crippen LogP contribution in [0.5, 0.6) is 0 Å². The maximum Gasteiger partial charge on any atom is 0.292 e. The molecule has 0 radical (unpaired) electrons. The van der Waals surface area contributed by atoms with E-state index >= 15 is 0 Å². The molecule has 0 aliphatic heterocycles. The van der Waals surface area contributed by atoms with Crippen molar-refractivity contribution < 1.29 is 9.66 Å². The summed E-state index contributed by atoms with van der Waals surface area (Å²) in [5.41, 5.74) is 2.29. The standard InChI is InChI=1S/C15H15ClN2O3/c1-17-14-7-4-12(8-15(14)18(19)20)10-21-9-11-2-5-13(16)6-3-11/h2-8,17H,9-10H2,1H3. The summed E-state index contributed by atoms with van der Waals surface area (Å²) in [6, 6.07) is 12.4. The third-order valence-corrected chi connectivity index (χ3v) is 3.23. The highest BCUT2D eigenvalue weighted by Crippen LogP contribution is 2.25. The molecule has 0 bridgehead atoms. The second kappa shape index (κ2) is 7.06. The fourth-order valence-electron chi connectivity index (χ4n) is 1.90. The number of hydrogen-bond donors (Lipinski definition) is 1. The van der Waals surface area contributed by atoms with E-state index in [0.717, 1.165) is 11.1 Å². The molecule has 0 unspecified atom stereocenters. The number of nitro groups is 1. The minimum absolute atomic E-state index is 0.0464. The van der Waals surface area contributed by atoms with Crippen LogP contribution in [0.25, 0.3) is 0 Å². The van der Waals surface area contributed by atoms with Crippen molar-refractivity contribution in [3.05, 3.63) is 68.7 Å². The number of benzene rings is 2.